The van der Waals surface area contributed by atoms with Crippen LogP contribution >= 0.6 is 11.8 Å². The van der Waals surface area contributed by atoms with E-state index in [-0.39, 0.29) is 5.82 Å². The monoisotopic (exact) mass is 197 g/mol. The minimum absolute atomic E-state index is 0.0852. The summed E-state index contributed by atoms with van der Waals surface area (Å²) in [4.78, 5) is 0.826. The van der Waals surface area contributed by atoms with Gasteiger partial charge in [-0.3, -0.25) is 0 Å². The summed E-state index contributed by atoms with van der Waals surface area (Å²) in [6.45, 7) is 0.697. The first kappa shape index (κ1) is 9.03. The Labute approximate surface area is 81.5 Å². The molecule has 1 unspecified atom stereocenters. The zero-order valence-electron chi connectivity index (χ0n) is 7.29. The smallest absolute Gasteiger partial charge is 0.137 e. The Morgan fingerprint density at radius 1 is 1.54 bits per heavy atom. The second-order valence-electron chi connectivity index (χ2n) is 3.34. The molecule has 0 bridgehead atoms. The molecule has 1 nitrogen and oxygen atoms in total. The van der Waals surface area contributed by atoms with E-state index in [0.29, 0.717) is 12.5 Å². The molecule has 1 aliphatic heterocycles. The maximum Gasteiger partial charge on any atom is 0.137 e. The molecule has 3 heteroatoms. The Bertz CT molecular complexity index is 314. The van der Waals surface area contributed by atoms with Gasteiger partial charge in [-0.2, -0.15) is 0 Å². The first-order chi connectivity index (χ1) is 6.31. The van der Waals surface area contributed by atoms with Crippen molar-refractivity contribution >= 4 is 11.8 Å². The van der Waals surface area contributed by atoms with Crippen molar-refractivity contribution in [1.29, 1.82) is 0 Å². The number of fused-ring (bicyclic) bond motifs is 1. The molecule has 1 aromatic rings. The summed E-state index contributed by atoms with van der Waals surface area (Å²) in [5.74, 6) is 1.38. The van der Waals surface area contributed by atoms with Crippen LogP contribution in [0.15, 0.2) is 23.1 Å². The fourth-order valence-electron chi connectivity index (χ4n) is 1.60. The molecule has 0 aromatic heterocycles. The number of thioether (sulfide) groups is 1. The van der Waals surface area contributed by atoms with Gasteiger partial charge in [0, 0.05) is 10.6 Å². The molecular formula is C10H12FNS. The van der Waals surface area contributed by atoms with Gasteiger partial charge in [-0.05, 0) is 30.5 Å². The number of halogens is 1. The van der Waals surface area contributed by atoms with Crippen LogP contribution in [0.1, 0.15) is 5.56 Å². The summed E-state index contributed by atoms with van der Waals surface area (Å²) in [7, 11) is 0. The molecule has 2 N–H and O–H groups in total. The van der Waals surface area contributed by atoms with E-state index in [2.05, 4.69) is 0 Å². The van der Waals surface area contributed by atoms with Gasteiger partial charge in [-0.1, -0.05) is 12.1 Å². The van der Waals surface area contributed by atoms with Crippen molar-refractivity contribution in [2.45, 2.75) is 11.3 Å². The topological polar surface area (TPSA) is 26.0 Å². The van der Waals surface area contributed by atoms with E-state index >= 15 is 0 Å². The van der Waals surface area contributed by atoms with Crippen molar-refractivity contribution in [3.8, 4) is 0 Å². The van der Waals surface area contributed by atoms with Crippen LogP contribution in [0.4, 0.5) is 4.39 Å². The summed E-state index contributed by atoms with van der Waals surface area (Å²) in [6, 6.07) is 5.29. The normalized spacial score (nSPS) is 21.2. The maximum atomic E-state index is 13.3. The average molecular weight is 197 g/mol. The molecule has 1 heterocycles. The Hall–Kier alpha value is -0.540. The lowest BCUT2D eigenvalue weighted by Crippen LogP contribution is -2.22. The van der Waals surface area contributed by atoms with Gasteiger partial charge in [0.15, 0.2) is 0 Å². The molecule has 70 valence electrons. The van der Waals surface area contributed by atoms with Crippen LogP contribution in [0.2, 0.25) is 0 Å². The van der Waals surface area contributed by atoms with Crippen molar-refractivity contribution in [1.82, 2.24) is 0 Å². The van der Waals surface area contributed by atoms with Gasteiger partial charge < -0.3 is 5.73 Å². The minimum Gasteiger partial charge on any atom is -0.330 e. The summed E-state index contributed by atoms with van der Waals surface area (Å²) in [5, 5.41) is 0. The molecule has 0 spiro atoms. The molecular weight excluding hydrogens is 185 g/mol. The highest BCUT2D eigenvalue weighted by atomic mass is 32.2. The van der Waals surface area contributed by atoms with Crippen molar-refractivity contribution in [3.05, 3.63) is 29.6 Å². The molecule has 0 saturated carbocycles. The number of nitrogens with two attached hydrogens (primary N) is 1. The highest BCUT2D eigenvalue weighted by Gasteiger charge is 2.19. The van der Waals surface area contributed by atoms with E-state index < -0.39 is 0 Å². The van der Waals surface area contributed by atoms with Crippen LogP contribution in [0.25, 0.3) is 0 Å². The van der Waals surface area contributed by atoms with Crippen LogP contribution in [-0.4, -0.2) is 12.3 Å². The Kier molecular flexibility index (Phi) is 2.56. The fraction of sp³-hybridized carbons (Fsp3) is 0.400. The molecule has 13 heavy (non-hydrogen) atoms. The van der Waals surface area contributed by atoms with Gasteiger partial charge in [0.05, 0.1) is 0 Å². The van der Waals surface area contributed by atoms with Crippen molar-refractivity contribution in [3.63, 3.8) is 0 Å². The largest absolute Gasteiger partial charge is 0.330 e. The average Bonchev–Trinajstić information content (AvgIpc) is 2.18. The summed E-state index contributed by atoms with van der Waals surface area (Å²) in [5.41, 5.74) is 6.71. The van der Waals surface area contributed by atoms with Gasteiger partial charge in [0.2, 0.25) is 0 Å². The van der Waals surface area contributed by atoms with E-state index in [0.717, 1.165) is 22.6 Å². The van der Waals surface area contributed by atoms with Crippen molar-refractivity contribution < 1.29 is 4.39 Å². The molecule has 1 aliphatic rings. The van der Waals surface area contributed by atoms with Crippen LogP contribution < -0.4 is 5.73 Å². The fourth-order valence-corrected chi connectivity index (χ4v) is 2.80. The lowest BCUT2D eigenvalue weighted by Gasteiger charge is -2.22. The number of hydrogen-bond donors (Lipinski definition) is 1. The van der Waals surface area contributed by atoms with E-state index in [4.69, 9.17) is 5.73 Å². The summed E-state index contributed by atoms with van der Waals surface area (Å²) < 4.78 is 13.3. The quantitative estimate of drug-likeness (QED) is 0.745. The van der Waals surface area contributed by atoms with Crippen molar-refractivity contribution in [2.75, 3.05) is 12.3 Å². The molecule has 0 saturated heterocycles. The number of benzene rings is 1. The first-order valence-corrected chi connectivity index (χ1v) is 5.40. The lowest BCUT2D eigenvalue weighted by atomic mass is 10.0. The maximum absolute atomic E-state index is 13.3. The third-order valence-electron chi connectivity index (χ3n) is 2.35. The minimum atomic E-state index is -0.0852. The molecule has 1 atom stereocenters. The number of rotatable bonds is 1. The Morgan fingerprint density at radius 2 is 2.38 bits per heavy atom. The standard InChI is InChI=1S/C10H12FNS/c11-9-3-1-2-8-4-7(5-12)6-13-10(8)9/h1-3,7H,4-6,12H2. The third-order valence-corrected chi connectivity index (χ3v) is 3.74. The molecule has 0 aliphatic carbocycles. The van der Waals surface area contributed by atoms with Crippen LogP contribution in [0.3, 0.4) is 0 Å². The van der Waals surface area contributed by atoms with Gasteiger partial charge in [-0.25, -0.2) is 4.39 Å². The van der Waals surface area contributed by atoms with E-state index in [9.17, 15) is 4.39 Å². The second-order valence-corrected chi connectivity index (χ2v) is 4.38. The van der Waals surface area contributed by atoms with E-state index in [1.165, 1.54) is 6.07 Å². The van der Waals surface area contributed by atoms with Crippen LogP contribution in [-0.2, 0) is 6.42 Å². The second kappa shape index (κ2) is 3.68. The van der Waals surface area contributed by atoms with Gasteiger partial charge in [0.1, 0.15) is 5.82 Å². The predicted molar refractivity (Wildman–Crippen MR) is 53.4 cm³/mol. The lowest BCUT2D eigenvalue weighted by molar-refractivity contribution is 0.557. The van der Waals surface area contributed by atoms with Crippen LogP contribution in [0, 0.1) is 11.7 Å². The first-order valence-electron chi connectivity index (χ1n) is 4.41. The Morgan fingerprint density at radius 3 is 3.15 bits per heavy atom. The SMILES string of the molecule is NCC1CSc2c(F)cccc2C1. The van der Waals surface area contributed by atoms with Crippen LogP contribution in [0.5, 0.6) is 0 Å². The summed E-state index contributed by atoms with van der Waals surface area (Å²) in [6.07, 6.45) is 0.927. The van der Waals surface area contributed by atoms with Gasteiger partial charge in [-0.15, -0.1) is 11.8 Å². The zero-order valence-corrected chi connectivity index (χ0v) is 8.11. The highest BCUT2D eigenvalue weighted by Crippen LogP contribution is 2.34. The van der Waals surface area contributed by atoms with E-state index in [1.54, 1.807) is 17.8 Å². The Balaban J connectivity index is 2.31. The molecule has 0 amide bonds. The highest BCUT2D eigenvalue weighted by molar-refractivity contribution is 7.99. The molecule has 0 radical (unpaired) electrons. The van der Waals surface area contributed by atoms with E-state index in [1.807, 2.05) is 6.07 Å². The van der Waals surface area contributed by atoms with Gasteiger partial charge in [0.25, 0.3) is 0 Å². The third kappa shape index (κ3) is 1.71. The molecule has 2 rings (SSSR count). The van der Waals surface area contributed by atoms with Gasteiger partial charge >= 0.3 is 0 Å². The van der Waals surface area contributed by atoms with Crippen molar-refractivity contribution in [2.24, 2.45) is 11.7 Å². The predicted octanol–water partition coefficient (Wildman–Crippen LogP) is 2.05. The summed E-state index contributed by atoms with van der Waals surface area (Å²) >= 11 is 1.59. The zero-order chi connectivity index (χ0) is 9.26. The molecule has 0 fully saturated rings. The number of hydrogen-bond acceptors (Lipinski definition) is 2. The molecule has 1 aromatic carbocycles.